The summed E-state index contributed by atoms with van der Waals surface area (Å²) in [7, 11) is -4.03. The minimum absolute atomic E-state index is 0.0600. The van der Waals surface area contributed by atoms with Gasteiger partial charge in [-0.2, -0.15) is 16.8 Å². The SMILES string of the molecule is COc1ccc(S(=O)(=O)On2c(O)c3c(c2O)C2C=CC3c3c2c(O)n(OS(=O)(=O)c2ccc(OC)c(OC)c2)c3O)cc1OC. The Hall–Kier alpha value is -5.36. The molecule has 0 amide bonds. The Labute approximate surface area is 261 Å². The van der Waals surface area contributed by atoms with E-state index in [0.29, 0.717) is 9.46 Å². The zero-order valence-corrected chi connectivity index (χ0v) is 26.0. The quantitative estimate of drug-likeness (QED) is 0.177. The Kier molecular flexibility index (Phi) is 7.08. The molecule has 0 saturated heterocycles. The fourth-order valence-corrected chi connectivity index (χ4v) is 7.43. The number of aromatic nitrogens is 2. The zero-order valence-electron chi connectivity index (χ0n) is 24.4. The van der Waals surface area contributed by atoms with E-state index >= 15 is 0 Å². The van der Waals surface area contributed by atoms with Gasteiger partial charge in [0, 0.05) is 46.2 Å². The van der Waals surface area contributed by atoms with Crippen LogP contribution in [0.25, 0.3) is 0 Å². The monoisotopic (exact) mass is 678 g/mol. The lowest BCUT2D eigenvalue weighted by Crippen LogP contribution is -2.20. The first-order valence-corrected chi connectivity index (χ1v) is 16.0. The zero-order chi connectivity index (χ0) is 33.3. The number of benzene rings is 2. The van der Waals surface area contributed by atoms with Crippen LogP contribution in [0.1, 0.15) is 34.1 Å². The molecule has 0 aliphatic heterocycles. The van der Waals surface area contributed by atoms with Gasteiger partial charge in [0.25, 0.3) is 0 Å². The van der Waals surface area contributed by atoms with Gasteiger partial charge in [-0.05, 0) is 24.3 Å². The summed E-state index contributed by atoms with van der Waals surface area (Å²) >= 11 is 0. The number of ether oxygens (including phenoxy) is 4. The van der Waals surface area contributed by atoms with Gasteiger partial charge in [0.05, 0.1) is 28.4 Å². The standard InChI is InChI=1S/C28H26N2O14S2/c1-39-17-9-5-13(11-19(17)41-3)45(35,36)43-29-25(31)21-15-7-8-16(22(21)26(29)32)24-23(15)27(33)30(28(24)34)44-46(37,38)14-6-10-18(40-2)20(12-14)42-4/h5-12,15-16,31-34H,1-4H3. The van der Waals surface area contributed by atoms with E-state index in [4.69, 9.17) is 27.5 Å². The highest BCUT2D eigenvalue weighted by Gasteiger charge is 2.48. The molecule has 7 rings (SSSR count). The number of hydrogen-bond donors (Lipinski definition) is 4. The summed E-state index contributed by atoms with van der Waals surface area (Å²) in [6.07, 6.45) is 3.02. The first-order chi connectivity index (χ1) is 21.8. The van der Waals surface area contributed by atoms with Crippen molar-refractivity contribution >= 4 is 20.2 Å². The van der Waals surface area contributed by atoms with E-state index in [2.05, 4.69) is 0 Å². The van der Waals surface area contributed by atoms with Crippen molar-refractivity contribution in [3.63, 3.8) is 0 Å². The number of rotatable bonds is 10. The molecular formula is C28H26N2O14S2. The molecular weight excluding hydrogens is 652 g/mol. The van der Waals surface area contributed by atoms with Gasteiger partial charge in [0.15, 0.2) is 23.0 Å². The Morgan fingerprint density at radius 2 is 0.826 bits per heavy atom. The van der Waals surface area contributed by atoms with Gasteiger partial charge < -0.3 is 39.4 Å². The molecule has 18 heteroatoms. The molecule has 0 spiro atoms. The van der Waals surface area contributed by atoms with Gasteiger partial charge in [0.1, 0.15) is 9.79 Å². The second-order valence-electron chi connectivity index (χ2n) is 9.97. The van der Waals surface area contributed by atoms with Crippen LogP contribution in [-0.2, 0) is 20.2 Å². The van der Waals surface area contributed by atoms with Crippen molar-refractivity contribution in [3.8, 4) is 46.5 Å². The molecule has 4 aromatic rings. The molecule has 4 N–H and O–H groups in total. The Bertz CT molecular complexity index is 1940. The van der Waals surface area contributed by atoms with Crippen molar-refractivity contribution in [2.45, 2.75) is 21.6 Å². The Balaban J connectivity index is 1.38. The maximum atomic E-state index is 13.2. The number of methoxy groups -OCH3 is 4. The Morgan fingerprint density at radius 1 is 0.522 bits per heavy atom. The number of allylic oxidation sites excluding steroid dienone is 2. The van der Waals surface area contributed by atoms with E-state index in [-0.39, 0.29) is 45.3 Å². The van der Waals surface area contributed by atoms with Crippen LogP contribution < -0.4 is 27.5 Å². The normalized spacial score (nSPS) is 16.4. The van der Waals surface area contributed by atoms with Crippen molar-refractivity contribution < 1.29 is 64.8 Å². The minimum Gasteiger partial charge on any atom is -0.493 e. The van der Waals surface area contributed by atoms with Crippen LogP contribution in [0.2, 0.25) is 0 Å². The van der Waals surface area contributed by atoms with Crippen molar-refractivity contribution in [1.29, 1.82) is 0 Å². The maximum absolute atomic E-state index is 13.2. The molecule has 0 fully saturated rings. The highest BCUT2D eigenvalue weighted by molar-refractivity contribution is 7.87. The summed E-state index contributed by atoms with van der Waals surface area (Å²) in [4.78, 5) is -0.782. The lowest BCUT2D eigenvalue weighted by atomic mass is 9.70. The van der Waals surface area contributed by atoms with E-state index in [0.717, 1.165) is 12.1 Å². The molecule has 244 valence electrons. The van der Waals surface area contributed by atoms with Crippen molar-refractivity contribution in [3.05, 3.63) is 70.8 Å². The molecule has 0 unspecified atom stereocenters. The summed E-state index contributed by atoms with van der Waals surface area (Å²) in [5, 5.41) is 44.5. The van der Waals surface area contributed by atoms with E-state index in [1.54, 1.807) is 0 Å². The van der Waals surface area contributed by atoms with Crippen LogP contribution in [0.3, 0.4) is 0 Å². The molecule has 3 aliphatic rings. The lowest BCUT2D eigenvalue weighted by molar-refractivity contribution is 0.199. The van der Waals surface area contributed by atoms with Gasteiger partial charge >= 0.3 is 20.2 Å². The average molecular weight is 679 g/mol. The van der Waals surface area contributed by atoms with E-state index in [9.17, 15) is 37.3 Å². The van der Waals surface area contributed by atoms with Gasteiger partial charge in [-0.3, -0.25) is 8.57 Å². The molecule has 0 radical (unpaired) electrons. The smallest absolute Gasteiger partial charge is 0.357 e. The topological polar surface area (TPSA) is 214 Å². The number of nitrogens with zero attached hydrogens (tertiary/aromatic N) is 2. The van der Waals surface area contributed by atoms with Gasteiger partial charge in [-0.15, -0.1) is 0 Å². The van der Waals surface area contributed by atoms with Crippen LogP contribution in [0, 0.1) is 0 Å². The van der Waals surface area contributed by atoms with E-state index in [1.807, 2.05) is 0 Å². The maximum Gasteiger partial charge on any atom is 0.357 e. The third kappa shape index (κ3) is 4.39. The van der Waals surface area contributed by atoms with Crippen LogP contribution in [0.5, 0.6) is 46.5 Å². The van der Waals surface area contributed by atoms with Crippen LogP contribution in [0.15, 0.2) is 58.3 Å². The summed E-state index contributed by atoms with van der Waals surface area (Å²) in [6, 6.07) is 7.23. The highest BCUT2D eigenvalue weighted by atomic mass is 32.2. The van der Waals surface area contributed by atoms with Crippen LogP contribution in [0.4, 0.5) is 0 Å². The van der Waals surface area contributed by atoms with Crippen LogP contribution >= 0.6 is 0 Å². The van der Waals surface area contributed by atoms with Crippen molar-refractivity contribution in [1.82, 2.24) is 9.46 Å². The third-order valence-corrected chi connectivity index (χ3v) is 10.0. The highest BCUT2D eigenvalue weighted by Crippen LogP contribution is 2.60. The Morgan fingerprint density at radius 3 is 1.11 bits per heavy atom. The number of hydrogen-bond acceptors (Lipinski definition) is 14. The fourth-order valence-electron chi connectivity index (χ4n) is 5.61. The summed E-state index contributed by atoms with van der Waals surface area (Å²) < 4.78 is 84.0. The first-order valence-electron chi connectivity index (χ1n) is 13.1. The molecule has 2 heterocycles. The van der Waals surface area contributed by atoms with Gasteiger partial charge in [-0.1, -0.05) is 21.6 Å². The molecule has 46 heavy (non-hydrogen) atoms. The molecule has 0 saturated carbocycles. The number of aromatic hydroxyl groups is 4. The molecule has 3 aliphatic carbocycles. The second kappa shape index (κ2) is 10.6. The van der Waals surface area contributed by atoms with Crippen molar-refractivity contribution in [2.75, 3.05) is 28.4 Å². The largest absolute Gasteiger partial charge is 0.493 e. The molecule has 2 aromatic carbocycles. The predicted octanol–water partition coefficient (Wildman–Crippen LogP) is 1.93. The first kappa shape index (κ1) is 30.7. The lowest BCUT2D eigenvalue weighted by Gasteiger charge is -2.30. The fraction of sp³-hybridized carbons (Fsp3) is 0.214. The molecule has 2 bridgehead atoms. The molecule has 0 atom stereocenters. The molecule has 2 aromatic heterocycles. The third-order valence-electron chi connectivity index (χ3n) is 7.69. The van der Waals surface area contributed by atoms with Crippen molar-refractivity contribution in [2.24, 2.45) is 0 Å². The van der Waals surface area contributed by atoms with Gasteiger partial charge in [0.2, 0.25) is 23.5 Å². The van der Waals surface area contributed by atoms with Crippen LogP contribution in [-0.4, -0.2) is 75.2 Å². The summed E-state index contributed by atoms with van der Waals surface area (Å²) in [5.74, 6) is -4.87. The summed E-state index contributed by atoms with van der Waals surface area (Å²) in [6.45, 7) is 0. The van der Waals surface area contributed by atoms with E-state index < -0.39 is 65.4 Å². The minimum atomic E-state index is -4.68. The molecule has 16 nitrogen and oxygen atoms in total. The second-order valence-corrected chi connectivity index (χ2v) is 13.0. The summed E-state index contributed by atoms with van der Waals surface area (Å²) in [5.41, 5.74) is -0.240. The average Bonchev–Trinajstić information content (AvgIpc) is 3.46. The predicted molar refractivity (Wildman–Crippen MR) is 155 cm³/mol. The van der Waals surface area contributed by atoms with Gasteiger partial charge in [-0.25, -0.2) is 0 Å². The van der Waals surface area contributed by atoms with E-state index in [1.165, 1.54) is 64.9 Å².